The van der Waals surface area contributed by atoms with E-state index in [4.69, 9.17) is 5.14 Å². The molecule has 0 saturated carbocycles. The number of aryl methyl sites for hydroxylation is 1. The summed E-state index contributed by atoms with van der Waals surface area (Å²) in [6.45, 7) is 1.44. The molecule has 1 rings (SSSR count). The molecule has 8 heteroatoms. The van der Waals surface area contributed by atoms with Gasteiger partial charge in [-0.3, -0.25) is 10.1 Å². The van der Waals surface area contributed by atoms with Crippen molar-refractivity contribution < 1.29 is 13.3 Å². The van der Waals surface area contributed by atoms with Crippen LogP contribution < -0.4 is 5.14 Å². The number of hydrogen-bond acceptors (Lipinski definition) is 4. The van der Waals surface area contributed by atoms with Gasteiger partial charge in [0.2, 0.25) is 10.0 Å². The lowest BCUT2D eigenvalue weighted by molar-refractivity contribution is -0.388. The summed E-state index contributed by atoms with van der Waals surface area (Å²) in [5.74, 6) is 0. The van der Waals surface area contributed by atoms with Gasteiger partial charge in [-0.05, 0) is 19.1 Å². The first-order chi connectivity index (χ1) is 6.73. The SMILES string of the molecule is Cc1cc(Br)cc(S(N)(=O)=O)c1[N+](=O)[O-]. The van der Waals surface area contributed by atoms with Crippen molar-refractivity contribution in [1.29, 1.82) is 0 Å². The summed E-state index contributed by atoms with van der Waals surface area (Å²) in [7, 11) is -4.10. The first-order valence-electron chi connectivity index (χ1n) is 3.71. The molecule has 6 nitrogen and oxygen atoms in total. The average molecular weight is 295 g/mol. The molecule has 0 aliphatic heterocycles. The number of primary sulfonamides is 1. The fourth-order valence-corrected chi connectivity index (χ4v) is 2.68. The Morgan fingerprint density at radius 1 is 1.47 bits per heavy atom. The van der Waals surface area contributed by atoms with Gasteiger partial charge in [0.25, 0.3) is 5.69 Å². The number of nitrogens with zero attached hydrogens (tertiary/aromatic N) is 1. The van der Waals surface area contributed by atoms with Crippen molar-refractivity contribution >= 4 is 31.6 Å². The van der Waals surface area contributed by atoms with Crippen LogP contribution in [0.2, 0.25) is 0 Å². The van der Waals surface area contributed by atoms with E-state index in [-0.39, 0.29) is 5.56 Å². The Morgan fingerprint density at radius 3 is 2.40 bits per heavy atom. The Hall–Kier alpha value is -0.990. The number of rotatable bonds is 2. The third-order valence-electron chi connectivity index (χ3n) is 1.72. The fourth-order valence-electron chi connectivity index (χ4n) is 1.16. The first-order valence-corrected chi connectivity index (χ1v) is 6.04. The highest BCUT2D eigenvalue weighted by Gasteiger charge is 2.25. The molecule has 0 unspecified atom stereocenters. The molecule has 0 aliphatic rings. The van der Waals surface area contributed by atoms with E-state index in [1.807, 2.05) is 0 Å². The predicted molar refractivity (Wildman–Crippen MR) is 56.9 cm³/mol. The minimum absolute atomic E-state index is 0.235. The molecular formula is C7H7BrN2O4S. The van der Waals surface area contributed by atoms with Gasteiger partial charge in [0.05, 0.1) is 4.92 Å². The standard InChI is InChI=1S/C7H7BrN2O4S/c1-4-2-5(8)3-6(15(9,13)14)7(4)10(11)12/h2-3H,1H3,(H2,9,13,14). The van der Waals surface area contributed by atoms with E-state index in [0.29, 0.717) is 4.47 Å². The second kappa shape index (κ2) is 3.87. The van der Waals surface area contributed by atoms with E-state index in [2.05, 4.69) is 15.9 Å². The predicted octanol–water partition coefficient (Wildman–Crippen LogP) is 1.31. The summed E-state index contributed by atoms with van der Waals surface area (Å²) in [6.07, 6.45) is 0. The van der Waals surface area contributed by atoms with Gasteiger partial charge in [-0.25, -0.2) is 13.6 Å². The van der Waals surface area contributed by atoms with E-state index in [1.54, 1.807) is 0 Å². The Morgan fingerprint density at radius 2 is 2.00 bits per heavy atom. The van der Waals surface area contributed by atoms with Crippen molar-refractivity contribution in [3.63, 3.8) is 0 Å². The maximum absolute atomic E-state index is 11.1. The molecule has 1 aromatic carbocycles. The van der Waals surface area contributed by atoms with Crippen LogP contribution in [0.1, 0.15) is 5.56 Å². The molecule has 0 atom stereocenters. The van der Waals surface area contributed by atoms with E-state index >= 15 is 0 Å². The summed E-state index contributed by atoms with van der Waals surface area (Å²) in [5, 5.41) is 15.6. The molecule has 0 radical (unpaired) electrons. The van der Waals surface area contributed by atoms with Crippen molar-refractivity contribution in [1.82, 2.24) is 0 Å². The van der Waals surface area contributed by atoms with E-state index in [9.17, 15) is 18.5 Å². The molecule has 0 fully saturated rings. The molecule has 0 amide bonds. The highest BCUT2D eigenvalue weighted by Crippen LogP contribution is 2.30. The van der Waals surface area contributed by atoms with Gasteiger partial charge in [-0.1, -0.05) is 15.9 Å². The highest BCUT2D eigenvalue weighted by atomic mass is 79.9. The van der Waals surface area contributed by atoms with Gasteiger partial charge in [0.15, 0.2) is 4.90 Å². The van der Waals surface area contributed by atoms with Crippen LogP contribution in [0.4, 0.5) is 5.69 Å². The Balaban J connectivity index is 3.70. The zero-order chi connectivity index (χ0) is 11.8. The normalized spacial score (nSPS) is 11.4. The van der Waals surface area contributed by atoms with E-state index in [1.165, 1.54) is 13.0 Å². The minimum Gasteiger partial charge on any atom is -0.258 e. The summed E-state index contributed by atoms with van der Waals surface area (Å²) in [6, 6.07) is 2.56. The fraction of sp³-hybridized carbons (Fsp3) is 0.143. The second-order valence-electron chi connectivity index (χ2n) is 2.87. The zero-order valence-corrected chi connectivity index (χ0v) is 10.0. The second-order valence-corrected chi connectivity index (χ2v) is 5.32. The van der Waals surface area contributed by atoms with Crippen LogP contribution >= 0.6 is 15.9 Å². The van der Waals surface area contributed by atoms with Crippen LogP contribution in [0.3, 0.4) is 0 Å². The average Bonchev–Trinajstić information content (AvgIpc) is 1.99. The van der Waals surface area contributed by atoms with Crippen molar-refractivity contribution in [2.24, 2.45) is 5.14 Å². The van der Waals surface area contributed by atoms with Gasteiger partial charge in [0, 0.05) is 10.0 Å². The first kappa shape index (κ1) is 12.1. The number of sulfonamides is 1. The molecule has 0 aliphatic carbocycles. The van der Waals surface area contributed by atoms with E-state index in [0.717, 1.165) is 6.07 Å². The van der Waals surface area contributed by atoms with Crippen LogP contribution in [-0.2, 0) is 10.0 Å². The zero-order valence-electron chi connectivity index (χ0n) is 7.60. The van der Waals surface area contributed by atoms with Gasteiger partial charge < -0.3 is 0 Å². The van der Waals surface area contributed by atoms with E-state index < -0.39 is 25.5 Å². The van der Waals surface area contributed by atoms with Gasteiger partial charge >= 0.3 is 0 Å². The highest BCUT2D eigenvalue weighted by molar-refractivity contribution is 9.10. The van der Waals surface area contributed by atoms with Gasteiger partial charge in [-0.15, -0.1) is 0 Å². The monoisotopic (exact) mass is 294 g/mol. The van der Waals surface area contributed by atoms with Crippen LogP contribution in [0.5, 0.6) is 0 Å². The van der Waals surface area contributed by atoms with Crippen molar-refractivity contribution in [3.05, 3.63) is 32.3 Å². The summed E-state index contributed by atoms with van der Waals surface area (Å²) in [5.41, 5.74) is -0.251. The summed E-state index contributed by atoms with van der Waals surface area (Å²) >= 11 is 3.05. The van der Waals surface area contributed by atoms with Crippen molar-refractivity contribution in [3.8, 4) is 0 Å². The molecular weight excluding hydrogens is 288 g/mol. The third kappa shape index (κ3) is 2.52. The number of hydrogen-bond donors (Lipinski definition) is 1. The number of nitro benzene ring substituents is 1. The minimum atomic E-state index is -4.10. The molecule has 2 N–H and O–H groups in total. The lowest BCUT2D eigenvalue weighted by atomic mass is 10.2. The summed E-state index contributed by atoms with van der Waals surface area (Å²) < 4.78 is 22.7. The van der Waals surface area contributed by atoms with Crippen LogP contribution in [0.25, 0.3) is 0 Å². The molecule has 0 spiro atoms. The topological polar surface area (TPSA) is 103 Å². The molecule has 0 heterocycles. The Kier molecular flexibility index (Phi) is 3.12. The van der Waals surface area contributed by atoms with Crippen LogP contribution in [0, 0.1) is 17.0 Å². The maximum atomic E-state index is 11.1. The maximum Gasteiger partial charge on any atom is 0.292 e. The van der Waals surface area contributed by atoms with Crippen molar-refractivity contribution in [2.45, 2.75) is 11.8 Å². The molecule has 15 heavy (non-hydrogen) atoms. The molecule has 0 aromatic heterocycles. The molecule has 1 aromatic rings. The molecule has 0 saturated heterocycles. The number of benzene rings is 1. The molecule has 82 valence electrons. The number of nitrogens with two attached hydrogens (primary N) is 1. The lowest BCUT2D eigenvalue weighted by Crippen LogP contribution is -2.15. The van der Waals surface area contributed by atoms with Crippen molar-refractivity contribution in [2.75, 3.05) is 0 Å². The Bertz CT molecular complexity index is 526. The van der Waals surface area contributed by atoms with Gasteiger partial charge in [0.1, 0.15) is 0 Å². The van der Waals surface area contributed by atoms with Crippen LogP contribution in [-0.4, -0.2) is 13.3 Å². The smallest absolute Gasteiger partial charge is 0.258 e. The van der Waals surface area contributed by atoms with Crippen LogP contribution in [0.15, 0.2) is 21.5 Å². The van der Waals surface area contributed by atoms with Gasteiger partial charge in [-0.2, -0.15) is 0 Å². The molecule has 0 bridgehead atoms. The Labute approximate surface area is 94.4 Å². The largest absolute Gasteiger partial charge is 0.292 e. The summed E-state index contributed by atoms with van der Waals surface area (Å²) in [4.78, 5) is 9.42. The number of halogens is 1. The quantitative estimate of drug-likeness (QED) is 0.656. The third-order valence-corrected chi connectivity index (χ3v) is 3.10. The lowest BCUT2D eigenvalue weighted by Gasteiger charge is -2.04. The number of nitro groups is 1.